The number of halogens is 1. The van der Waals surface area contributed by atoms with Crippen LogP contribution in [-0.2, 0) is 11.3 Å². The minimum atomic E-state index is -0.349. The quantitative estimate of drug-likeness (QED) is 0.827. The van der Waals surface area contributed by atoms with Crippen LogP contribution in [-0.4, -0.2) is 22.9 Å². The van der Waals surface area contributed by atoms with Crippen LogP contribution in [0.15, 0.2) is 28.7 Å². The molecule has 0 radical (unpaired) electrons. The van der Waals surface area contributed by atoms with Gasteiger partial charge in [-0.25, -0.2) is 0 Å². The third-order valence-electron chi connectivity index (χ3n) is 3.76. The largest absolute Gasteiger partial charge is 0.334 e. The summed E-state index contributed by atoms with van der Waals surface area (Å²) in [7, 11) is 0. The molecule has 1 aliphatic rings. The lowest BCUT2D eigenvalue weighted by molar-refractivity contribution is -0.134. The number of hydrogen-bond donors (Lipinski definition) is 1. The molecule has 3 nitrogen and oxygen atoms in total. The van der Waals surface area contributed by atoms with E-state index in [1.807, 2.05) is 23.1 Å². The monoisotopic (exact) mass is 338 g/mol. The van der Waals surface area contributed by atoms with Gasteiger partial charge < -0.3 is 10.6 Å². The first-order valence-corrected chi connectivity index (χ1v) is 8.22. The lowest BCUT2D eigenvalue weighted by Crippen LogP contribution is -2.44. The van der Waals surface area contributed by atoms with Crippen molar-refractivity contribution in [1.82, 2.24) is 4.90 Å². The van der Waals surface area contributed by atoms with Gasteiger partial charge in [0.2, 0.25) is 5.91 Å². The molecule has 0 heterocycles. The Labute approximate surface area is 129 Å². The molecule has 1 aromatic rings. The van der Waals surface area contributed by atoms with E-state index in [1.54, 1.807) is 0 Å². The first kappa shape index (κ1) is 15.5. The number of carbonyl (C=O) groups is 1. The maximum absolute atomic E-state index is 12.5. The molecule has 1 saturated carbocycles. The molecule has 0 spiro atoms. The molecule has 0 unspecified atom stereocenters. The molecule has 110 valence electrons. The molecule has 0 bridgehead atoms. The van der Waals surface area contributed by atoms with E-state index in [1.165, 1.54) is 0 Å². The van der Waals surface area contributed by atoms with Crippen LogP contribution in [0.4, 0.5) is 0 Å². The summed E-state index contributed by atoms with van der Waals surface area (Å²) in [5.41, 5.74) is 7.21. The van der Waals surface area contributed by atoms with Gasteiger partial charge in [-0.3, -0.25) is 4.79 Å². The van der Waals surface area contributed by atoms with Gasteiger partial charge in [-0.2, -0.15) is 0 Å². The van der Waals surface area contributed by atoms with E-state index in [0.29, 0.717) is 12.6 Å². The lowest BCUT2D eigenvalue weighted by atomic mass is 10.1. The number of amides is 1. The van der Waals surface area contributed by atoms with Crippen LogP contribution in [0.1, 0.15) is 44.6 Å². The Hall–Kier alpha value is -0.870. The SMILES string of the molecule is CCCC[C@H](N)C(=O)N(Cc1ccccc1Br)C1CC1. The van der Waals surface area contributed by atoms with E-state index in [0.717, 1.165) is 42.1 Å². The molecule has 1 aliphatic carbocycles. The number of nitrogens with zero attached hydrogens (tertiary/aromatic N) is 1. The summed E-state index contributed by atoms with van der Waals surface area (Å²) in [6, 6.07) is 8.11. The van der Waals surface area contributed by atoms with E-state index in [4.69, 9.17) is 5.73 Å². The van der Waals surface area contributed by atoms with Gasteiger partial charge in [0.25, 0.3) is 0 Å². The summed E-state index contributed by atoms with van der Waals surface area (Å²) in [5, 5.41) is 0. The van der Waals surface area contributed by atoms with Crippen molar-refractivity contribution < 1.29 is 4.79 Å². The minimum absolute atomic E-state index is 0.108. The Bertz CT molecular complexity index is 460. The predicted octanol–water partition coefficient (Wildman–Crippen LogP) is 3.46. The van der Waals surface area contributed by atoms with Crippen molar-refractivity contribution in [3.8, 4) is 0 Å². The third-order valence-corrected chi connectivity index (χ3v) is 4.53. The number of benzene rings is 1. The Kier molecular flexibility index (Phi) is 5.61. The lowest BCUT2D eigenvalue weighted by Gasteiger charge is -2.26. The molecule has 2 N–H and O–H groups in total. The Balaban J connectivity index is 2.04. The third kappa shape index (κ3) is 4.06. The highest BCUT2D eigenvalue weighted by atomic mass is 79.9. The summed E-state index contributed by atoms with van der Waals surface area (Å²) in [6.07, 6.45) is 5.09. The van der Waals surface area contributed by atoms with Gasteiger partial charge >= 0.3 is 0 Å². The average molecular weight is 339 g/mol. The highest BCUT2D eigenvalue weighted by molar-refractivity contribution is 9.10. The second-order valence-electron chi connectivity index (χ2n) is 5.54. The van der Waals surface area contributed by atoms with Crippen molar-refractivity contribution in [2.24, 2.45) is 5.73 Å². The van der Waals surface area contributed by atoms with E-state index in [-0.39, 0.29) is 11.9 Å². The van der Waals surface area contributed by atoms with Crippen LogP contribution in [0.2, 0.25) is 0 Å². The molecule has 1 fully saturated rings. The van der Waals surface area contributed by atoms with Crippen LogP contribution in [0.25, 0.3) is 0 Å². The van der Waals surface area contributed by atoms with Crippen LogP contribution < -0.4 is 5.73 Å². The smallest absolute Gasteiger partial charge is 0.240 e. The maximum Gasteiger partial charge on any atom is 0.240 e. The molecule has 4 heteroatoms. The van der Waals surface area contributed by atoms with Crippen molar-refractivity contribution >= 4 is 21.8 Å². The second kappa shape index (κ2) is 7.23. The van der Waals surface area contributed by atoms with E-state index < -0.39 is 0 Å². The van der Waals surface area contributed by atoms with E-state index in [9.17, 15) is 4.79 Å². The fourth-order valence-electron chi connectivity index (χ4n) is 2.34. The van der Waals surface area contributed by atoms with Gasteiger partial charge in [0, 0.05) is 17.1 Å². The van der Waals surface area contributed by atoms with Crippen LogP contribution in [0, 0.1) is 0 Å². The van der Waals surface area contributed by atoms with Crippen LogP contribution in [0.5, 0.6) is 0 Å². The van der Waals surface area contributed by atoms with Gasteiger partial charge in [0.05, 0.1) is 6.04 Å². The summed E-state index contributed by atoms with van der Waals surface area (Å²) in [5.74, 6) is 0.108. The van der Waals surface area contributed by atoms with E-state index >= 15 is 0 Å². The number of nitrogens with two attached hydrogens (primary N) is 1. The van der Waals surface area contributed by atoms with Crippen LogP contribution in [0.3, 0.4) is 0 Å². The van der Waals surface area contributed by atoms with Crippen LogP contribution >= 0.6 is 15.9 Å². The van der Waals surface area contributed by atoms with E-state index in [2.05, 4.69) is 28.9 Å². The Morgan fingerprint density at radius 1 is 1.45 bits per heavy atom. The first-order valence-electron chi connectivity index (χ1n) is 7.43. The fraction of sp³-hybridized carbons (Fsp3) is 0.562. The van der Waals surface area contributed by atoms with Gasteiger partial charge in [-0.05, 0) is 30.9 Å². The Morgan fingerprint density at radius 3 is 2.75 bits per heavy atom. The minimum Gasteiger partial charge on any atom is -0.334 e. The normalized spacial score (nSPS) is 15.9. The van der Waals surface area contributed by atoms with Crippen molar-refractivity contribution in [3.05, 3.63) is 34.3 Å². The molecule has 1 amide bonds. The standard InChI is InChI=1S/C16H23BrN2O/c1-2-3-8-15(18)16(20)19(13-9-10-13)11-12-6-4-5-7-14(12)17/h4-7,13,15H,2-3,8-11,18H2,1H3/t15-/m0/s1. The van der Waals surface area contributed by atoms with Gasteiger partial charge in [0.1, 0.15) is 0 Å². The van der Waals surface area contributed by atoms with Crippen molar-refractivity contribution in [2.75, 3.05) is 0 Å². The molecular formula is C16H23BrN2O. The molecule has 1 aromatic carbocycles. The fourth-order valence-corrected chi connectivity index (χ4v) is 2.75. The number of hydrogen-bond acceptors (Lipinski definition) is 2. The highest BCUT2D eigenvalue weighted by Crippen LogP contribution is 2.30. The van der Waals surface area contributed by atoms with Gasteiger partial charge in [-0.1, -0.05) is 53.9 Å². The zero-order chi connectivity index (χ0) is 14.5. The zero-order valence-electron chi connectivity index (χ0n) is 12.0. The van der Waals surface area contributed by atoms with Gasteiger partial charge in [0.15, 0.2) is 0 Å². The topological polar surface area (TPSA) is 46.3 Å². The molecule has 20 heavy (non-hydrogen) atoms. The summed E-state index contributed by atoms with van der Waals surface area (Å²) >= 11 is 3.55. The summed E-state index contributed by atoms with van der Waals surface area (Å²) in [6.45, 7) is 2.78. The predicted molar refractivity (Wildman–Crippen MR) is 85.2 cm³/mol. The number of unbranched alkanes of at least 4 members (excludes halogenated alkanes) is 1. The number of carbonyl (C=O) groups excluding carboxylic acids is 1. The first-order chi connectivity index (χ1) is 9.63. The average Bonchev–Trinajstić information content (AvgIpc) is 3.27. The van der Waals surface area contributed by atoms with Crippen molar-refractivity contribution in [2.45, 2.75) is 57.7 Å². The van der Waals surface area contributed by atoms with Crippen molar-refractivity contribution in [1.29, 1.82) is 0 Å². The zero-order valence-corrected chi connectivity index (χ0v) is 13.6. The molecule has 0 aromatic heterocycles. The molecule has 2 rings (SSSR count). The summed E-state index contributed by atoms with van der Waals surface area (Å²) < 4.78 is 1.06. The highest BCUT2D eigenvalue weighted by Gasteiger charge is 2.34. The molecule has 0 saturated heterocycles. The molecule has 1 atom stereocenters. The number of rotatable bonds is 7. The van der Waals surface area contributed by atoms with Crippen molar-refractivity contribution in [3.63, 3.8) is 0 Å². The Morgan fingerprint density at radius 2 is 2.15 bits per heavy atom. The second-order valence-corrected chi connectivity index (χ2v) is 6.39. The van der Waals surface area contributed by atoms with Gasteiger partial charge in [-0.15, -0.1) is 0 Å². The molecular weight excluding hydrogens is 316 g/mol. The maximum atomic E-state index is 12.5. The molecule has 0 aliphatic heterocycles. The summed E-state index contributed by atoms with van der Waals surface area (Å²) in [4.78, 5) is 14.5.